The fourth-order valence-electron chi connectivity index (χ4n) is 2.91. The molecule has 0 saturated carbocycles. The van der Waals surface area contributed by atoms with Crippen molar-refractivity contribution in [3.63, 3.8) is 0 Å². The van der Waals surface area contributed by atoms with Crippen molar-refractivity contribution in [2.24, 2.45) is 16.0 Å². The fraction of sp³-hybridized carbons (Fsp3) is 0.500. The number of hydrazone groups is 1. The molecule has 2 atom stereocenters. The summed E-state index contributed by atoms with van der Waals surface area (Å²) >= 11 is 1.76. The molecule has 2 aliphatic rings. The SMILES string of the molecule is CC[C@H]1CN=C(Nc2ccc(/C(C)=N\NC(=O)[C@H]3CCS(=O)(=O)C3)cc2)S1. The van der Waals surface area contributed by atoms with Gasteiger partial charge >= 0.3 is 0 Å². The highest BCUT2D eigenvalue weighted by atomic mass is 32.2. The molecule has 1 aromatic carbocycles. The van der Waals surface area contributed by atoms with Crippen LogP contribution >= 0.6 is 11.8 Å². The number of rotatable bonds is 5. The van der Waals surface area contributed by atoms with Crippen LogP contribution in [0.25, 0.3) is 0 Å². The topological polar surface area (TPSA) is 100.0 Å². The summed E-state index contributed by atoms with van der Waals surface area (Å²) in [4.78, 5) is 16.6. The number of nitrogens with one attached hydrogen (secondary N) is 2. The third-order valence-electron chi connectivity index (χ3n) is 4.66. The van der Waals surface area contributed by atoms with Gasteiger partial charge in [0.05, 0.1) is 29.7 Å². The van der Waals surface area contributed by atoms with E-state index < -0.39 is 15.8 Å². The molecule has 1 saturated heterocycles. The van der Waals surface area contributed by atoms with E-state index in [1.54, 1.807) is 18.7 Å². The van der Waals surface area contributed by atoms with Crippen LogP contribution in [0, 0.1) is 5.92 Å². The van der Waals surface area contributed by atoms with Crippen LogP contribution in [-0.4, -0.2) is 48.5 Å². The molecule has 7 nitrogen and oxygen atoms in total. The Balaban J connectivity index is 1.55. The number of amidine groups is 1. The summed E-state index contributed by atoms with van der Waals surface area (Å²) in [5.41, 5.74) is 4.99. The molecule has 9 heteroatoms. The van der Waals surface area contributed by atoms with Gasteiger partial charge in [0, 0.05) is 10.9 Å². The van der Waals surface area contributed by atoms with Gasteiger partial charge in [-0.05, 0) is 37.5 Å². The van der Waals surface area contributed by atoms with Crippen LogP contribution < -0.4 is 10.7 Å². The van der Waals surface area contributed by atoms with Crippen LogP contribution in [0.15, 0.2) is 34.4 Å². The Morgan fingerprint density at radius 1 is 1.33 bits per heavy atom. The van der Waals surface area contributed by atoms with Gasteiger partial charge in [0.25, 0.3) is 0 Å². The lowest BCUT2D eigenvalue weighted by Crippen LogP contribution is -2.28. The molecule has 1 amide bonds. The number of anilines is 1. The Morgan fingerprint density at radius 2 is 2.07 bits per heavy atom. The van der Waals surface area contributed by atoms with Crippen molar-refractivity contribution in [1.82, 2.24) is 5.43 Å². The van der Waals surface area contributed by atoms with Gasteiger partial charge in [0.15, 0.2) is 15.0 Å². The number of amides is 1. The van der Waals surface area contributed by atoms with E-state index in [1.807, 2.05) is 24.3 Å². The minimum Gasteiger partial charge on any atom is -0.335 e. The van der Waals surface area contributed by atoms with Gasteiger partial charge in [-0.1, -0.05) is 30.8 Å². The molecule has 0 spiro atoms. The van der Waals surface area contributed by atoms with Gasteiger partial charge < -0.3 is 5.32 Å². The molecule has 2 heterocycles. The van der Waals surface area contributed by atoms with E-state index in [-0.39, 0.29) is 17.4 Å². The lowest BCUT2D eigenvalue weighted by atomic mass is 10.1. The molecule has 27 heavy (non-hydrogen) atoms. The maximum Gasteiger partial charge on any atom is 0.244 e. The summed E-state index contributed by atoms with van der Waals surface area (Å²) in [6, 6.07) is 7.74. The smallest absolute Gasteiger partial charge is 0.244 e. The second-order valence-corrected chi connectivity index (χ2v) is 10.3. The van der Waals surface area contributed by atoms with Gasteiger partial charge in [-0.2, -0.15) is 5.10 Å². The first kappa shape index (κ1) is 19.9. The fourth-order valence-corrected chi connectivity index (χ4v) is 5.61. The van der Waals surface area contributed by atoms with E-state index in [2.05, 4.69) is 27.8 Å². The highest BCUT2D eigenvalue weighted by molar-refractivity contribution is 8.15. The van der Waals surface area contributed by atoms with Crippen LogP contribution in [0.3, 0.4) is 0 Å². The summed E-state index contributed by atoms with van der Waals surface area (Å²) in [6.07, 6.45) is 1.47. The lowest BCUT2D eigenvalue weighted by Gasteiger charge is -2.09. The van der Waals surface area contributed by atoms with Gasteiger partial charge in [-0.15, -0.1) is 0 Å². The van der Waals surface area contributed by atoms with E-state index in [4.69, 9.17) is 0 Å². The number of nitrogens with zero attached hydrogens (tertiary/aromatic N) is 2. The van der Waals surface area contributed by atoms with Crippen molar-refractivity contribution >= 4 is 44.1 Å². The molecule has 0 unspecified atom stereocenters. The third kappa shape index (κ3) is 5.32. The zero-order chi connectivity index (χ0) is 19.4. The van der Waals surface area contributed by atoms with Crippen LogP contribution in [-0.2, 0) is 14.6 Å². The molecule has 1 aromatic rings. The summed E-state index contributed by atoms with van der Waals surface area (Å²) < 4.78 is 22.9. The van der Waals surface area contributed by atoms with Gasteiger partial charge in [0.2, 0.25) is 5.91 Å². The van der Waals surface area contributed by atoms with E-state index in [1.165, 1.54) is 0 Å². The van der Waals surface area contributed by atoms with Crippen molar-refractivity contribution < 1.29 is 13.2 Å². The zero-order valence-electron chi connectivity index (χ0n) is 15.4. The Bertz CT molecular complexity index is 863. The van der Waals surface area contributed by atoms with E-state index >= 15 is 0 Å². The Kier molecular flexibility index (Phi) is 6.21. The van der Waals surface area contributed by atoms with E-state index in [0.717, 1.165) is 29.4 Å². The number of hydrogen-bond donors (Lipinski definition) is 2. The monoisotopic (exact) mass is 408 g/mol. The normalized spacial score (nSPS) is 24.5. The summed E-state index contributed by atoms with van der Waals surface area (Å²) in [7, 11) is -3.08. The van der Waals surface area contributed by atoms with Gasteiger partial charge in [0.1, 0.15) is 0 Å². The minimum atomic E-state index is -3.08. The average Bonchev–Trinajstić information content (AvgIpc) is 3.25. The van der Waals surface area contributed by atoms with Crippen molar-refractivity contribution in [1.29, 1.82) is 0 Å². The second kappa shape index (κ2) is 8.43. The molecule has 3 rings (SSSR count). The lowest BCUT2D eigenvalue weighted by molar-refractivity contribution is -0.124. The van der Waals surface area contributed by atoms with Crippen LogP contribution in [0.1, 0.15) is 32.3 Å². The largest absolute Gasteiger partial charge is 0.335 e. The highest BCUT2D eigenvalue weighted by Crippen LogP contribution is 2.24. The Morgan fingerprint density at radius 3 is 2.67 bits per heavy atom. The second-order valence-electron chi connectivity index (χ2n) is 6.77. The molecular weight excluding hydrogens is 384 g/mol. The van der Waals surface area contributed by atoms with Crippen LogP contribution in [0.2, 0.25) is 0 Å². The number of benzene rings is 1. The molecule has 0 bridgehead atoms. The quantitative estimate of drug-likeness (QED) is 0.575. The number of carbonyl (C=O) groups excluding carboxylic acids is 1. The molecule has 0 aliphatic carbocycles. The number of carbonyl (C=O) groups is 1. The molecule has 146 valence electrons. The minimum absolute atomic E-state index is 0.0742. The standard InChI is InChI=1S/C18H24N4O3S2/c1-3-16-10-19-18(26-16)20-15-6-4-13(5-7-15)12(2)21-22-17(23)14-8-9-27(24,25)11-14/h4-7,14,16H,3,8-11H2,1-2H3,(H,19,20)(H,22,23)/b21-12-/t14-,16-/m0/s1. The molecular formula is C18H24N4O3S2. The number of sulfone groups is 1. The van der Waals surface area contributed by atoms with Crippen LogP contribution in [0.4, 0.5) is 5.69 Å². The number of hydrogen-bond acceptors (Lipinski definition) is 7. The van der Waals surface area contributed by atoms with Crippen molar-refractivity contribution in [3.8, 4) is 0 Å². The van der Waals surface area contributed by atoms with Crippen LogP contribution in [0.5, 0.6) is 0 Å². The van der Waals surface area contributed by atoms with Gasteiger partial charge in [-0.25, -0.2) is 13.8 Å². The summed E-state index contributed by atoms with van der Waals surface area (Å²) in [6.45, 7) is 4.82. The van der Waals surface area contributed by atoms with Gasteiger partial charge in [-0.3, -0.25) is 9.79 Å². The Labute approximate surface area is 164 Å². The maximum atomic E-state index is 12.1. The molecule has 2 N–H and O–H groups in total. The summed E-state index contributed by atoms with van der Waals surface area (Å²) in [5.74, 6) is -0.857. The highest BCUT2D eigenvalue weighted by Gasteiger charge is 2.32. The van der Waals surface area contributed by atoms with Crippen molar-refractivity contribution in [3.05, 3.63) is 29.8 Å². The van der Waals surface area contributed by atoms with E-state index in [0.29, 0.717) is 17.4 Å². The first-order valence-corrected chi connectivity index (χ1v) is 11.7. The number of aliphatic imine (C=N–C) groups is 1. The third-order valence-corrected chi connectivity index (χ3v) is 7.70. The average molecular weight is 409 g/mol. The zero-order valence-corrected chi connectivity index (χ0v) is 17.1. The first-order chi connectivity index (χ1) is 12.9. The summed E-state index contributed by atoms with van der Waals surface area (Å²) in [5, 5.41) is 8.93. The predicted molar refractivity (Wildman–Crippen MR) is 111 cm³/mol. The maximum absolute atomic E-state index is 12.1. The van der Waals surface area contributed by atoms with E-state index in [9.17, 15) is 13.2 Å². The Hall–Kier alpha value is -1.87. The first-order valence-electron chi connectivity index (χ1n) is 8.99. The predicted octanol–water partition coefficient (Wildman–Crippen LogP) is 2.25. The number of thioether (sulfide) groups is 1. The van der Waals surface area contributed by atoms with Crippen molar-refractivity contribution in [2.45, 2.75) is 31.9 Å². The molecule has 0 radical (unpaired) electrons. The van der Waals surface area contributed by atoms with Crippen molar-refractivity contribution in [2.75, 3.05) is 23.4 Å². The molecule has 0 aromatic heterocycles. The molecule has 2 aliphatic heterocycles. The molecule has 1 fully saturated rings.